The Morgan fingerprint density at radius 2 is 1.50 bits per heavy atom. The van der Waals surface area contributed by atoms with Gasteiger partial charge in [-0.15, -0.1) is 0 Å². The quantitative estimate of drug-likeness (QED) is 0.550. The van der Waals surface area contributed by atoms with Crippen molar-refractivity contribution in [2.45, 2.75) is 84.7 Å². The zero-order chi connectivity index (χ0) is 23.7. The number of amides is 2. The van der Waals surface area contributed by atoms with Crippen molar-refractivity contribution in [1.82, 2.24) is 10.2 Å². The Bertz CT molecular complexity index is 851. The number of nitrogens with one attached hydrogen (secondary N) is 1. The first-order valence-corrected chi connectivity index (χ1v) is 11.8. The lowest BCUT2D eigenvalue weighted by Gasteiger charge is -2.31. The van der Waals surface area contributed by atoms with Crippen molar-refractivity contribution in [3.05, 3.63) is 71.3 Å². The molecule has 32 heavy (non-hydrogen) atoms. The van der Waals surface area contributed by atoms with Crippen LogP contribution in [-0.4, -0.2) is 35.3 Å². The van der Waals surface area contributed by atoms with Crippen LogP contribution in [-0.2, 0) is 27.8 Å². The van der Waals surface area contributed by atoms with Crippen molar-refractivity contribution in [1.29, 1.82) is 0 Å². The van der Waals surface area contributed by atoms with Crippen LogP contribution in [0, 0.1) is 0 Å². The molecule has 1 N–H and O–H groups in total. The van der Waals surface area contributed by atoms with Crippen molar-refractivity contribution in [3.8, 4) is 0 Å². The third-order valence-electron chi connectivity index (χ3n) is 5.75. The van der Waals surface area contributed by atoms with Gasteiger partial charge in [0.05, 0.1) is 0 Å². The number of carbonyl (C=O) groups excluding carboxylic acids is 2. The van der Waals surface area contributed by atoms with Gasteiger partial charge in [-0.25, -0.2) is 0 Å². The second-order valence-corrected chi connectivity index (χ2v) is 9.86. The summed E-state index contributed by atoms with van der Waals surface area (Å²) in [6.45, 7) is 13.0. The van der Waals surface area contributed by atoms with Gasteiger partial charge in [0.1, 0.15) is 6.04 Å². The number of nitrogens with zero attached hydrogens (tertiary/aromatic N) is 1. The summed E-state index contributed by atoms with van der Waals surface area (Å²) in [5.41, 5.74) is 3.71. The molecule has 2 aromatic carbocycles. The summed E-state index contributed by atoms with van der Waals surface area (Å²) in [7, 11) is 0. The highest BCUT2D eigenvalue weighted by Gasteiger charge is 2.28. The van der Waals surface area contributed by atoms with Crippen LogP contribution in [0.4, 0.5) is 0 Å². The van der Waals surface area contributed by atoms with Crippen molar-refractivity contribution >= 4 is 11.8 Å². The predicted molar refractivity (Wildman–Crippen MR) is 133 cm³/mol. The Hall–Kier alpha value is -2.62. The van der Waals surface area contributed by atoms with E-state index in [4.69, 9.17) is 0 Å². The Kier molecular flexibility index (Phi) is 9.49. The standard InChI is InChI=1S/C28H40N2O2/c1-7-25(27(32)29-21(2)3)30(20-19-22-11-9-8-10-12-22)26(31)18-15-23-13-16-24(17-14-23)28(4,5)6/h8-14,16-17,21,25H,7,15,18-20H2,1-6H3,(H,29,32)/t25-/m0/s1. The Labute approximate surface area is 194 Å². The van der Waals surface area contributed by atoms with Gasteiger partial charge in [-0.05, 0) is 55.2 Å². The molecule has 0 saturated heterocycles. The maximum Gasteiger partial charge on any atom is 0.242 e. The molecule has 0 fully saturated rings. The van der Waals surface area contributed by atoms with Crippen LogP contribution in [0.2, 0.25) is 0 Å². The number of benzene rings is 2. The van der Waals surface area contributed by atoms with E-state index in [1.807, 2.05) is 39.0 Å². The summed E-state index contributed by atoms with van der Waals surface area (Å²) in [5, 5.41) is 2.99. The van der Waals surface area contributed by atoms with Gasteiger partial charge in [-0.3, -0.25) is 9.59 Å². The zero-order valence-corrected chi connectivity index (χ0v) is 20.7. The first kappa shape index (κ1) is 25.6. The van der Waals surface area contributed by atoms with E-state index in [-0.39, 0.29) is 23.3 Å². The fourth-order valence-electron chi connectivity index (χ4n) is 3.84. The van der Waals surface area contributed by atoms with E-state index >= 15 is 0 Å². The third-order valence-corrected chi connectivity index (χ3v) is 5.75. The number of aryl methyl sites for hydroxylation is 1. The van der Waals surface area contributed by atoms with Gasteiger partial charge in [0, 0.05) is 19.0 Å². The molecule has 0 aliphatic rings. The van der Waals surface area contributed by atoms with Crippen LogP contribution >= 0.6 is 0 Å². The number of carbonyl (C=O) groups is 2. The summed E-state index contributed by atoms with van der Waals surface area (Å²) in [6, 6.07) is 18.3. The fourth-order valence-corrected chi connectivity index (χ4v) is 3.84. The largest absolute Gasteiger partial charge is 0.352 e. The van der Waals surface area contributed by atoms with E-state index in [9.17, 15) is 9.59 Å². The minimum atomic E-state index is -0.447. The SMILES string of the molecule is CC[C@@H](C(=O)NC(C)C)N(CCc1ccccc1)C(=O)CCc1ccc(C(C)(C)C)cc1. The molecule has 0 aliphatic heterocycles. The topological polar surface area (TPSA) is 49.4 Å². The number of hydrogen-bond acceptors (Lipinski definition) is 2. The maximum absolute atomic E-state index is 13.3. The average Bonchev–Trinajstić information content (AvgIpc) is 2.74. The predicted octanol–water partition coefficient (Wildman–Crippen LogP) is 5.29. The van der Waals surface area contributed by atoms with Gasteiger partial charge in [-0.1, -0.05) is 82.3 Å². The van der Waals surface area contributed by atoms with Crippen LogP contribution in [0.15, 0.2) is 54.6 Å². The molecular formula is C28H40N2O2. The average molecular weight is 437 g/mol. The molecule has 0 bridgehead atoms. The van der Waals surface area contributed by atoms with Crippen LogP contribution in [0.1, 0.15) is 71.1 Å². The van der Waals surface area contributed by atoms with Gasteiger partial charge in [-0.2, -0.15) is 0 Å². The molecule has 2 aromatic rings. The first-order valence-electron chi connectivity index (χ1n) is 11.8. The smallest absolute Gasteiger partial charge is 0.242 e. The van der Waals surface area contributed by atoms with E-state index in [2.05, 4.69) is 62.5 Å². The highest BCUT2D eigenvalue weighted by atomic mass is 16.2. The molecule has 0 aromatic heterocycles. The second-order valence-electron chi connectivity index (χ2n) is 9.86. The van der Waals surface area contributed by atoms with Crippen molar-refractivity contribution < 1.29 is 9.59 Å². The summed E-state index contributed by atoms with van der Waals surface area (Å²) in [5.74, 6) is -0.0370. The highest BCUT2D eigenvalue weighted by molar-refractivity contribution is 5.87. The van der Waals surface area contributed by atoms with Crippen LogP contribution in [0.5, 0.6) is 0 Å². The van der Waals surface area contributed by atoms with Gasteiger partial charge in [0.15, 0.2) is 0 Å². The first-order chi connectivity index (χ1) is 15.1. The normalized spacial score (nSPS) is 12.5. The van der Waals surface area contributed by atoms with Gasteiger partial charge >= 0.3 is 0 Å². The van der Waals surface area contributed by atoms with E-state index in [1.165, 1.54) is 11.1 Å². The number of hydrogen-bond donors (Lipinski definition) is 1. The Morgan fingerprint density at radius 3 is 2.03 bits per heavy atom. The molecule has 0 spiro atoms. The lowest BCUT2D eigenvalue weighted by Crippen LogP contribution is -2.51. The molecule has 2 amide bonds. The number of rotatable bonds is 10. The molecule has 0 radical (unpaired) electrons. The van der Waals surface area contributed by atoms with Crippen molar-refractivity contribution in [2.24, 2.45) is 0 Å². The molecular weight excluding hydrogens is 396 g/mol. The lowest BCUT2D eigenvalue weighted by molar-refractivity contribution is -0.140. The lowest BCUT2D eigenvalue weighted by atomic mass is 9.86. The van der Waals surface area contributed by atoms with E-state index in [0.29, 0.717) is 25.8 Å². The summed E-state index contributed by atoms with van der Waals surface area (Å²) < 4.78 is 0. The van der Waals surface area contributed by atoms with Crippen molar-refractivity contribution in [2.75, 3.05) is 6.54 Å². The minimum absolute atomic E-state index is 0.0339. The second kappa shape index (κ2) is 11.8. The minimum Gasteiger partial charge on any atom is -0.352 e. The maximum atomic E-state index is 13.3. The molecule has 2 rings (SSSR count). The molecule has 1 atom stereocenters. The fraction of sp³-hybridized carbons (Fsp3) is 0.500. The molecule has 0 unspecified atom stereocenters. The summed E-state index contributed by atoms with van der Waals surface area (Å²) in [4.78, 5) is 27.9. The van der Waals surface area contributed by atoms with Gasteiger partial charge in [0.25, 0.3) is 0 Å². The zero-order valence-electron chi connectivity index (χ0n) is 20.7. The van der Waals surface area contributed by atoms with Gasteiger partial charge < -0.3 is 10.2 Å². The molecule has 4 nitrogen and oxygen atoms in total. The molecule has 0 heterocycles. The van der Waals surface area contributed by atoms with Crippen LogP contribution < -0.4 is 5.32 Å². The molecule has 0 aliphatic carbocycles. The van der Waals surface area contributed by atoms with E-state index in [0.717, 1.165) is 12.0 Å². The summed E-state index contributed by atoms with van der Waals surface area (Å²) in [6.07, 6.45) is 2.40. The highest BCUT2D eigenvalue weighted by Crippen LogP contribution is 2.22. The Balaban J connectivity index is 2.11. The monoisotopic (exact) mass is 436 g/mol. The molecule has 174 valence electrons. The Morgan fingerprint density at radius 1 is 0.906 bits per heavy atom. The van der Waals surface area contributed by atoms with E-state index < -0.39 is 6.04 Å². The van der Waals surface area contributed by atoms with Crippen LogP contribution in [0.25, 0.3) is 0 Å². The van der Waals surface area contributed by atoms with Crippen molar-refractivity contribution in [3.63, 3.8) is 0 Å². The molecule has 4 heteroatoms. The van der Waals surface area contributed by atoms with E-state index in [1.54, 1.807) is 4.90 Å². The third kappa shape index (κ3) is 7.81. The van der Waals surface area contributed by atoms with Gasteiger partial charge in [0.2, 0.25) is 11.8 Å². The molecule has 0 saturated carbocycles. The van der Waals surface area contributed by atoms with Crippen LogP contribution in [0.3, 0.4) is 0 Å². The summed E-state index contributed by atoms with van der Waals surface area (Å²) >= 11 is 0.